The number of para-hydroxylation sites is 2. The van der Waals surface area contributed by atoms with E-state index in [1.807, 2.05) is 36.2 Å². The van der Waals surface area contributed by atoms with Crippen molar-refractivity contribution < 1.29 is 9.84 Å². The van der Waals surface area contributed by atoms with Crippen molar-refractivity contribution in [3.8, 4) is 5.75 Å². The van der Waals surface area contributed by atoms with E-state index in [4.69, 9.17) is 10.5 Å². The molecule has 0 amide bonds. The minimum atomic E-state index is -0.313. The van der Waals surface area contributed by atoms with Crippen molar-refractivity contribution in [2.24, 2.45) is 0 Å². The molecular weight excluding hydrogens is 204 g/mol. The number of nitrogens with zero attached hydrogens (tertiary/aromatic N) is 1. The van der Waals surface area contributed by atoms with Crippen molar-refractivity contribution in [1.82, 2.24) is 4.90 Å². The third kappa shape index (κ3) is 4.51. The molecule has 1 aromatic carbocycles. The molecule has 3 N–H and O–H groups in total. The zero-order valence-electron chi connectivity index (χ0n) is 9.89. The van der Waals surface area contributed by atoms with E-state index in [1.54, 1.807) is 6.92 Å². The van der Waals surface area contributed by atoms with Crippen LogP contribution in [0, 0.1) is 0 Å². The summed E-state index contributed by atoms with van der Waals surface area (Å²) in [4.78, 5) is 2.02. The molecule has 0 saturated carbocycles. The van der Waals surface area contributed by atoms with Gasteiger partial charge in [0.25, 0.3) is 0 Å². The Morgan fingerprint density at radius 2 is 2.12 bits per heavy atom. The maximum absolute atomic E-state index is 9.18. The second kappa shape index (κ2) is 6.35. The standard InChI is InChI=1S/C12H20N2O2/c1-10(15)9-14(2)7-8-16-12-6-4-3-5-11(12)13/h3-6,10,15H,7-9,13H2,1-2H3. The lowest BCUT2D eigenvalue weighted by molar-refractivity contribution is 0.131. The van der Waals surface area contributed by atoms with Gasteiger partial charge in [0.2, 0.25) is 0 Å². The van der Waals surface area contributed by atoms with E-state index in [-0.39, 0.29) is 6.10 Å². The smallest absolute Gasteiger partial charge is 0.142 e. The summed E-state index contributed by atoms with van der Waals surface area (Å²) in [5.74, 6) is 0.716. The van der Waals surface area contributed by atoms with E-state index in [2.05, 4.69) is 0 Å². The number of likely N-dealkylation sites (N-methyl/N-ethyl adjacent to an activating group) is 1. The number of hydrogen-bond donors (Lipinski definition) is 2. The molecule has 1 unspecified atom stereocenters. The quantitative estimate of drug-likeness (QED) is 0.707. The van der Waals surface area contributed by atoms with Gasteiger partial charge in [-0.15, -0.1) is 0 Å². The van der Waals surface area contributed by atoms with E-state index in [0.717, 1.165) is 6.54 Å². The molecule has 1 atom stereocenters. The molecule has 0 aliphatic carbocycles. The molecule has 0 aliphatic rings. The second-order valence-electron chi connectivity index (χ2n) is 4.00. The lowest BCUT2D eigenvalue weighted by atomic mass is 10.3. The molecule has 16 heavy (non-hydrogen) atoms. The van der Waals surface area contributed by atoms with Gasteiger partial charge in [0, 0.05) is 13.1 Å². The molecule has 0 saturated heterocycles. The summed E-state index contributed by atoms with van der Waals surface area (Å²) in [7, 11) is 1.95. The Labute approximate surface area is 96.6 Å². The number of anilines is 1. The molecule has 4 heteroatoms. The number of nitrogens with two attached hydrogens (primary N) is 1. The molecular formula is C12H20N2O2. The van der Waals surface area contributed by atoms with Crippen LogP contribution in [0.2, 0.25) is 0 Å². The Morgan fingerprint density at radius 1 is 1.44 bits per heavy atom. The lowest BCUT2D eigenvalue weighted by Crippen LogP contribution is -2.30. The van der Waals surface area contributed by atoms with Crippen LogP contribution in [-0.4, -0.2) is 42.9 Å². The van der Waals surface area contributed by atoms with Crippen LogP contribution in [-0.2, 0) is 0 Å². The molecule has 0 bridgehead atoms. The molecule has 1 aromatic rings. The van der Waals surface area contributed by atoms with Gasteiger partial charge in [-0.3, -0.25) is 0 Å². The van der Waals surface area contributed by atoms with Gasteiger partial charge in [-0.1, -0.05) is 12.1 Å². The third-order valence-electron chi connectivity index (χ3n) is 2.23. The van der Waals surface area contributed by atoms with Crippen molar-refractivity contribution >= 4 is 5.69 Å². The van der Waals surface area contributed by atoms with Crippen LogP contribution in [0.1, 0.15) is 6.92 Å². The Morgan fingerprint density at radius 3 is 2.75 bits per heavy atom. The van der Waals surface area contributed by atoms with Crippen molar-refractivity contribution in [3.63, 3.8) is 0 Å². The van der Waals surface area contributed by atoms with Crippen molar-refractivity contribution in [2.45, 2.75) is 13.0 Å². The first kappa shape index (κ1) is 12.8. The number of aliphatic hydroxyl groups is 1. The van der Waals surface area contributed by atoms with Gasteiger partial charge >= 0.3 is 0 Å². The van der Waals surface area contributed by atoms with Crippen molar-refractivity contribution in [3.05, 3.63) is 24.3 Å². The highest BCUT2D eigenvalue weighted by molar-refractivity contribution is 5.51. The summed E-state index contributed by atoms with van der Waals surface area (Å²) in [6.45, 7) is 3.75. The summed E-state index contributed by atoms with van der Waals surface area (Å²) in [6.07, 6.45) is -0.313. The van der Waals surface area contributed by atoms with Crippen LogP contribution in [0.4, 0.5) is 5.69 Å². The van der Waals surface area contributed by atoms with E-state index in [0.29, 0.717) is 24.6 Å². The highest BCUT2D eigenvalue weighted by atomic mass is 16.5. The van der Waals surface area contributed by atoms with Crippen LogP contribution < -0.4 is 10.5 Å². The fraction of sp³-hybridized carbons (Fsp3) is 0.500. The number of aliphatic hydroxyl groups excluding tert-OH is 1. The summed E-state index contributed by atoms with van der Waals surface area (Å²) < 4.78 is 5.54. The van der Waals surface area contributed by atoms with Crippen molar-refractivity contribution in [2.75, 3.05) is 32.5 Å². The third-order valence-corrected chi connectivity index (χ3v) is 2.23. The van der Waals surface area contributed by atoms with Crippen LogP contribution in [0.15, 0.2) is 24.3 Å². The maximum atomic E-state index is 9.18. The van der Waals surface area contributed by atoms with Crippen LogP contribution >= 0.6 is 0 Å². The summed E-state index contributed by atoms with van der Waals surface area (Å²) in [5, 5.41) is 9.18. The Hall–Kier alpha value is -1.26. The summed E-state index contributed by atoms with van der Waals surface area (Å²) in [5.41, 5.74) is 6.39. The minimum Gasteiger partial charge on any atom is -0.490 e. The first-order chi connectivity index (χ1) is 7.59. The molecule has 0 radical (unpaired) electrons. The van der Waals surface area contributed by atoms with Crippen LogP contribution in [0.25, 0.3) is 0 Å². The fourth-order valence-electron chi connectivity index (χ4n) is 1.47. The number of hydrogen-bond acceptors (Lipinski definition) is 4. The Balaban J connectivity index is 2.28. The summed E-state index contributed by atoms with van der Waals surface area (Å²) >= 11 is 0. The van der Waals surface area contributed by atoms with Crippen LogP contribution in [0.3, 0.4) is 0 Å². The maximum Gasteiger partial charge on any atom is 0.142 e. The minimum absolute atomic E-state index is 0.313. The number of ether oxygens (including phenoxy) is 1. The molecule has 0 aromatic heterocycles. The zero-order valence-corrected chi connectivity index (χ0v) is 9.89. The first-order valence-corrected chi connectivity index (χ1v) is 5.43. The van der Waals surface area contributed by atoms with Gasteiger partial charge in [-0.05, 0) is 26.1 Å². The predicted molar refractivity (Wildman–Crippen MR) is 65.5 cm³/mol. The Bertz CT molecular complexity index is 316. The molecule has 0 spiro atoms. The van der Waals surface area contributed by atoms with E-state index < -0.39 is 0 Å². The SMILES string of the molecule is CC(O)CN(C)CCOc1ccccc1N. The summed E-state index contributed by atoms with van der Waals surface area (Å²) in [6, 6.07) is 7.44. The predicted octanol–water partition coefficient (Wildman–Crippen LogP) is 0.960. The monoisotopic (exact) mass is 224 g/mol. The van der Waals surface area contributed by atoms with Gasteiger partial charge in [0.15, 0.2) is 0 Å². The average Bonchev–Trinajstić information content (AvgIpc) is 2.19. The average molecular weight is 224 g/mol. The highest BCUT2D eigenvalue weighted by Crippen LogP contribution is 2.19. The van der Waals surface area contributed by atoms with E-state index >= 15 is 0 Å². The number of rotatable bonds is 6. The van der Waals surface area contributed by atoms with E-state index in [9.17, 15) is 5.11 Å². The van der Waals surface area contributed by atoms with Gasteiger partial charge in [0.05, 0.1) is 11.8 Å². The van der Waals surface area contributed by atoms with Gasteiger partial charge in [-0.2, -0.15) is 0 Å². The molecule has 0 fully saturated rings. The van der Waals surface area contributed by atoms with Crippen LogP contribution in [0.5, 0.6) is 5.75 Å². The molecule has 0 aliphatic heterocycles. The first-order valence-electron chi connectivity index (χ1n) is 5.43. The second-order valence-corrected chi connectivity index (χ2v) is 4.00. The normalized spacial score (nSPS) is 12.8. The fourth-order valence-corrected chi connectivity index (χ4v) is 1.47. The van der Waals surface area contributed by atoms with E-state index in [1.165, 1.54) is 0 Å². The molecule has 90 valence electrons. The topological polar surface area (TPSA) is 58.7 Å². The van der Waals surface area contributed by atoms with Gasteiger partial charge < -0.3 is 20.5 Å². The zero-order chi connectivity index (χ0) is 12.0. The Kier molecular flexibility index (Phi) is 5.08. The van der Waals surface area contributed by atoms with Gasteiger partial charge in [0.1, 0.15) is 12.4 Å². The van der Waals surface area contributed by atoms with Crippen molar-refractivity contribution in [1.29, 1.82) is 0 Å². The largest absolute Gasteiger partial charge is 0.490 e. The lowest BCUT2D eigenvalue weighted by Gasteiger charge is -2.18. The molecule has 0 heterocycles. The van der Waals surface area contributed by atoms with Gasteiger partial charge in [-0.25, -0.2) is 0 Å². The molecule has 1 rings (SSSR count). The molecule has 4 nitrogen and oxygen atoms in total. The number of nitrogen functional groups attached to an aromatic ring is 1. The highest BCUT2D eigenvalue weighted by Gasteiger charge is 2.03. The number of benzene rings is 1.